The van der Waals surface area contributed by atoms with Gasteiger partial charge in [-0.2, -0.15) is 0 Å². The van der Waals surface area contributed by atoms with Gasteiger partial charge in [-0.15, -0.1) is 12.3 Å². The topological polar surface area (TPSA) is 41.6 Å². The molecule has 1 aliphatic rings. The van der Waals surface area contributed by atoms with Gasteiger partial charge in [0.1, 0.15) is 5.60 Å². The molecule has 1 fully saturated rings. The first kappa shape index (κ1) is 15.8. The van der Waals surface area contributed by atoms with Crippen LogP contribution in [0.2, 0.25) is 0 Å². The average Bonchev–Trinajstić information content (AvgIpc) is 2.75. The Morgan fingerprint density at radius 3 is 2.79 bits per heavy atom. The van der Waals surface area contributed by atoms with Crippen molar-refractivity contribution in [3.63, 3.8) is 0 Å². The Morgan fingerprint density at radius 2 is 2.26 bits per heavy atom. The third kappa shape index (κ3) is 5.52. The summed E-state index contributed by atoms with van der Waals surface area (Å²) in [6.07, 6.45) is 7.83. The average molecular weight is 266 g/mol. The highest BCUT2D eigenvalue weighted by atomic mass is 16.6. The zero-order valence-corrected chi connectivity index (χ0v) is 12.5. The van der Waals surface area contributed by atoms with Crippen LogP contribution in [0.5, 0.6) is 0 Å². The molecule has 0 aromatic rings. The molecule has 0 aliphatic carbocycles. The zero-order chi connectivity index (χ0) is 14.5. The number of terminal acetylenes is 1. The van der Waals surface area contributed by atoms with E-state index in [1.807, 2.05) is 20.8 Å². The standard InChI is InChI=1S/C15H26N2O2/c1-6-8-12(7-2)16-13-9-10-17(11-13)14(18)19-15(3,4)5/h1,12-13,16H,7-11H2,2-5H3. The van der Waals surface area contributed by atoms with Gasteiger partial charge in [0, 0.05) is 31.6 Å². The second-order valence-corrected chi connectivity index (χ2v) is 6.09. The summed E-state index contributed by atoms with van der Waals surface area (Å²) in [5.41, 5.74) is -0.433. The zero-order valence-electron chi connectivity index (χ0n) is 12.5. The van der Waals surface area contributed by atoms with Crippen LogP contribution in [0.4, 0.5) is 4.79 Å². The maximum atomic E-state index is 11.9. The summed E-state index contributed by atoms with van der Waals surface area (Å²) >= 11 is 0. The summed E-state index contributed by atoms with van der Waals surface area (Å²) in [5.74, 6) is 2.69. The van der Waals surface area contributed by atoms with E-state index in [1.165, 1.54) is 0 Å². The van der Waals surface area contributed by atoms with Crippen LogP contribution in [0.25, 0.3) is 0 Å². The first-order valence-electron chi connectivity index (χ1n) is 7.03. The summed E-state index contributed by atoms with van der Waals surface area (Å²) in [5, 5.41) is 3.52. The molecule has 4 nitrogen and oxygen atoms in total. The van der Waals surface area contributed by atoms with Crippen LogP contribution in [-0.4, -0.2) is 41.8 Å². The van der Waals surface area contributed by atoms with Crippen molar-refractivity contribution in [2.45, 2.75) is 64.6 Å². The van der Waals surface area contributed by atoms with Crippen molar-refractivity contribution in [3.8, 4) is 12.3 Å². The summed E-state index contributed by atoms with van der Waals surface area (Å²) in [7, 11) is 0. The van der Waals surface area contributed by atoms with Gasteiger partial charge in [0.05, 0.1) is 0 Å². The smallest absolute Gasteiger partial charge is 0.410 e. The molecule has 108 valence electrons. The molecule has 0 aromatic carbocycles. The van der Waals surface area contributed by atoms with E-state index in [2.05, 4.69) is 18.2 Å². The lowest BCUT2D eigenvalue weighted by Gasteiger charge is -2.25. The molecular weight excluding hydrogens is 240 g/mol. The Morgan fingerprint density at radius 1 is 1.58 bits per heavy atom. The molecule has 2 atom stereocenters. The second kappa shape index (κ2) is 6.81. The molecule has 0 aromatic heterocycles. The van der Waals surface area contributed by atoms with Crippen LogP contribution in [0.3, 0.4) is 0 Å². The highest BCUT2D eigenvalue weighted by molar-refractivity contribution is 5.68. The molecule has 1 heterocycles. The number of carbonyl (C=O) groups excluding carboxylic acids is 1. The van der Waals surface area contributed by atoms with Crippen molar-refractivity contribution in [1.82, 2.24) is 10.2 Å². The number of likely N-dealkylation sites (tertiary alicyclic amines) is 1. The molecule has 2 unspecified atom stereocenters. The number of nitrogens with one attached hydrogen (secondary N) is 1. The van der Waals surface area contributed by atoms with Gasteiger partial charge in [-0.3, -0.25) is 0 Å². The first-order chi connectivity index (χ1) is 8.85. The largest absolute Gasteiger partial charge is 0.444 e. The van der Waals surface area contributed by atoms with E-state index in [0.717, 1.165) is 25.8 Å². The lowest BCUT2D eigenvalue weighted by atomic mass is 10.1. The fourth-order valence-corrected chi connectivity index (χ4v) is 2.19. The van der Waals surface area contributed by atoms with E-state index in [-0.39, 0.29) is 6.09 Å². The SMILES string of the molecule is C#CCC(CC)NC1CCN(C(=O)OC(C)(C)C)C1. The van der Waals surface area contributed by atoms with Crippen molar-refractivity contribution < 1.29 is 9.53 Å². The Kier molecular flexibility index (Phi) is 5.68. The summed E-state index contributed by atoms with van der Waals surface area (Å²) in [4.78, 5) is 13.7. The second-order valence-electron chi connectivity index (χ2n) is 6.09. The van der Waals surface area contributed by atoms with Crippen molar-refractivity contribution >= 4 is 6.09 Å². The number of hydrogen-bond donors (Lipinski definition) is 1. The highest BCUT2D eigenvalue weighted by Crippen LogP contribution is 2.16. The normalized spacial score (nSPS) is 21.0. The predicted molar refractivity (Wildman–Crippen MR) is 76.9 cm³/mol. The quantitative estimate of drug-likeness (QED) is 0.794. The van der Waals surface area contributed by atoms with Crippen molar-refractivity contribution in [2.24, 2.45) is 0 Å². The minimum Gasteiger partial charge on any atom is -0.444 e. The fourth-order valence-electron chi connectivity index (χ4n) is 2.19. The number of nitrogens with zero attached hydrogens (tertiary/aromatic N) is 1. The van der Waals surface area contributed by atoms with Gasteiger partial charge < -0.3 is 15.0 Å². The number of hydrogen-bond acceptors (Lipinski definition) is 3. The van der Waals surface area contributed by atoms with Gasteiger partial charge in [0.15, 0.2) is 0 Å². The lowest BCUT2D eigenvalue weighted by Crippen LogP contribution is -2.41. The molecule has 19 heavy (non-hydrogen) atoms. The van der Waals surface area contributed by atoms with Gasteiger partial charge in [-0.25, -0.2) is 4.79 Å². The number of carbonyl (C=O) groups is 1. The molecule has 1 saturated heterocycles. The molecule has 1 rings (SSSR count). The Balaban J connectivity index is 2.41. The molecule has 1 N–H and O–H groups in total. The van der Waals surface area contributed by atoms with Gasteiger partial charge in [-0.05, 0) is 33.6 Å². The minimum absolute atomic E-state index is 0.221. The molecule has 1 aliphatic heterocycles. The minimum atomic E-state index is -0.433. The van der Waals surface area contributed by atoms with Gasteiger partial charge in [-0.1, -0.05) is 6.92 Å². The molecule has 0 bridgehead atoms. The van der Waals surface area contributed by atoms with E-state index >= 15 is 0 Å². The highest BCUT2D eigenvalue weighted by Gasteiger charge is 2.30. The maximum absolute atomic E-state index is 11.9. The van der Waals surface area contributed by atoms with Crippen LogP contribution >= 0.6 is 0 Å². The molecule has 0 spiro atoms. The first-order valence-corrected chi connectivity index (χ1v) is 7.03. The van der Waals surface area contributed by atoms with Crippen molar-refractivity contribution in [1.29, 1.82) is 0 Å². The van der Waals surface area contributed by atoms with E-state index < -0.39 is 5.60 Å². The van der Waals surface area contributed by atoms with Gasteiger partial charge in [0.2, 0.25) is 0 Å². The Labute approximate surface area is 116 Å². The van der Waals surface area contributed by atoms with Gasteiger partial charge in [0.25, 0.3) is 0 Å². The van der Waals surface area contributed by atoms with Crippen LogP contribution in [-0.2, 0) is 4.74 Å². The van der Waals surface area contributed by atoms with Crippen LogP contribution < -0.4 is 5.32 Å². The number of ether oxygens (including phenoxy) is 1. The van der Waals surface area contributed by atoms with E-state index in [1.54, 1.807) is 4.90 Å². The Bertz CT molecular complexity index is 341. The summed E-state index contributed by atoms with van der Waals surface area (Å²) < 4.78 is 5.38. The Hall–Kier alpha value is -1.21. The lowest BCUT2D eigenvalue weighted by molar-refractivity contribution is 0.0290. The third-order valence-electron chi connectivity index (χ3n) is 3.17. The van der Waals surface area contributed by atoms with E-state index in [9.17, 15) is 4.79 Å². The fraction of sp³-hybridized carbons (Fsp3) is 0.800. The van der Waals surface area contributed by atoms with Crippen LogP contribution in [0.1, 0.15) is 47.0 Å². The maximum Gasteiger partial charge on any atom is 0.410 e. The number of rotatable bonds is 4. The van der Waals surface area contributed by atoms with Gasteiger partial charge >= 0.3 is 6.09 Å². The molecule has 4 heteroatoms. The predicted octanol–water partition coefficient (Wildman–Crippen LogP) is 2.39. The molecule has 1 amide bonds. The summed E-state index contributed by atoms with van der Waals surface area (Å²) in [6.45, 7) is 9.23. The van der Waals surface area contributed by atoms with Crippen LogP contribution in [0, 0.1) is 12.3 Å². The molecule has 0 saturated carbocycles. The van der Waals surface area contributed by atoms with Crippen LogP contribution in [0.15, 0.2) is 0 Å². The molecular formula is C15H26N2O2. The van der Waals surface area contributed by atoms with Crippen molar-refractivity contribution in [2.75, 3.05) is 13.1 Å². The van der Waals surface area contributed by atoms with E-state index in [0.29, 0.717) is 18.6 Å². The monoisotopic (exact) mass is 266 g/mol. The number of amides is 1. The van der Waals surface area contributed by atoms with E-state index in [4.69, 9.17) is 11.2 Å². The van der Waals surface area contributed by atoms with Crippen molar-refractivity contribution in [3.05, 3.63) is 0 Å². The summed E-state index contributed by atoms with van der Waals surface area (Å²) in [6, 6.07) is 0.666. The molecule has 0 radical (unpaired) electrons. The third-order valence-corrected chi connectivity index (χ3v) is 3.17.